The third-order valence-electron chi connectivity index (χ3n) is 2.75. The fourth-order valence-corrected chi connectivity index (χ4v) is 2.23. The second-order valence-electron chi connectivity index (χ2n) is 4.57. The van der Waals surface area contributed by atoms with Gasteiger partial charge < -0.3 is 14.2 Å². The quantitative estimate of drug-likeness (QED) is 0.832. The molecule has 0 spiro atoms. The van der Waals surface area contributed by atoms with Crippen molar-refractivity contribution in [2.75, 3.05) is 7.11 Å². The van der Waals surface area contributed by atoms with Crippen LogP contribution in [0.4, 0.5) is 0 Å². The summed E-state index contributed by atoms with van der Waals surface area (Å²) in [5.74, 6) is -0.605. The van der Waals surface area contributed by atoms with E-state index in [1.165, 1.54) is 0 Å². The molecule has 1 aliphatic rings. The van der Waals surface area contributed by atoms with Crippen LogP contribution >= 0.6 is 11.6 Å². The fraction of sp³-hybridized carbons (Fsp3) is 0.538. The Labute approximate surface area is 107 Å². The van der Waals surface area contributed by atoms with Crippen LogP contribution in [0.25, 0.3) is 0 Å². The molecule has 1 heterocycles. The van der Waals surface area contributed by atoms with Crippen LogP contribution in [0, 0.1) is 0 Å². The number of hydrogen-bond acceptors (Lipinski definition) is 3. The van der Waals surface area contributed by atoms with Crippen molar-refractivity contribution in [3.05, 3.63) is 34.9 Å². The lowest BCUT2D eigenvalue weighted by Crippen LogP contribution is -2.26. The molecule has 0 N–H and O–H groups in total. The van der Waals surface area contributed by atoms with E-state index in [2.05, 4.69) is 0 Å². The van der Waals surface area contributed by atoms with Gasteiger partial charge in [0.15, 0.2) is 12.1 Å². The Bertz CT molecular complexity index is 392. The van der Waals surface area contributed by atoms with E-state index in [0.29, 0.717) is 6.42 Å². The van der Waals surface area contributed by atoms with Gasteiger partial charge in [-0.05, 0) is 25.5 Å². The maximum Gasteiger partial charge on any atom is 0.187 e. The lowest BCUT2D eigenvalue weighted by Gasteiger charge is -2.16. The summed E-state index contributed by atoms with van der Waals surface area (Å²) in [7, 11) is 1.62. The molecule has 3 nitrogen and oxygen atoms in total. The number of halogens is 1. The smallest absolute Gasteiger partial charge is 0.187 e. The molecule has 1 aromatic carbocycles. The van der Waals surface area contributed by atoms with Crippen molar-refractivity contribution in [2.24, 2.45) is 0 Å². The number of benzene rings is 1. The third-order valence-corrected chi connectivity index (χ3v) is 3.12. The summed E-state index contributed by atoms with van der Waals surface area (Å²) in [6.07, 6.45) is 0.206. The van der Waals surface area contributed by atoms with Gasteiger partial charge in [0.05, 0.1) is 0 Å². The highest BCUT2D eigenvalue weighted by Crippen LogP contribution is 2.31. The van der Waals surface area contributed by atoms with Crippen LogP contribution in [-0.4, -0.2) is 25.3 Å². The lowest BCUT2D eigenvalue weighted by atomic mass is 10.1. The van der Waals surface area contributed by atoms with E-state index in [-0.39, 0.29) is 12.4 Å². The first-order chi connectivity index (χ1) is 8.02. The highest BCUT2D eigenvalue weighted by atomic mass is 35.5. The molecule has 1 fully saturated rings. The van der Waals surface area contributed by atoms with Gasteiger partial charge in [-0.25, -0.2) is 0 Å². The monoisotopic (exact) mass is 256 g/mol. The Morgan fingerprint density at radius 3 is 2.65 bits per heavy atom. The molecule has 1 saturated heterocycles. The molecule has 1 aromatic rings. The van der Waals surface area contributed by atoms with Gasteiger partial charge >= 0.3 is 0 Å². The molecular formula is C13H17ClO3. The van der Waals surface area contributed by atoms with E-state index in [4.69, 9.17) is 25.8 Å². The van der Waals surface area contributed by atoms with Gasteiger partial charge in [0.25, 0.3) is 0 Å². The van der Waals surface area contributed by atoms with E-state index >= 15 is 0 Å². The maximum atomic E-state index is 6.13. The van der Waals surface area contributed by atoms with Gasteiger partial charge in [0.2, 0.25) is 0 Å². The van der Waals surface area contributed by atoms with Crippen molar-refractivity contribution in [3.8, 4) is 0 Å². The van der Waals surface area contributed by atoms with E-state index in [1.807, 2.05) is 38.1 Å². The van der Waals surface area contributed by atoms with Gasteiger partial charge in [0.1, 0.15) is 6.10 Å². The minimum Gasteiger partial charge on any atom is -0.353 e. The van der Waals surface area contributed by atoms with Crippen molar-refractivity contribution in [1.29, 1.82) is 0 Å². The molecule has 0 unspecified atom stereocenters. The van der Waals surface area contributed by atoms with Crippen molar-refractivity contribution >= 4 is 11.6 Å². The highest BCUT2D eigenvalue weighted by Gasteiger charge is 2.41. The van der Waals surface area contributed by atoms with E-state index in [1.54, 1.807) is 7.11 Å². The number of hydrogen-bond donors (Lipinski definition) is 0. The predicted octanol–water partition coefficient (Wildman–Crippen LogP) is 3.01. The summed E-state index contributed by atoms with van der Waals surface area (Å²) in [6, 6.07) is 7.74. The topological polar surface area (TPSA) is 27.7 Å². The average molecular weight is 257 g/mol. The lowest BCUT2D eigenvalue weighted by molar-refractivity contribution is -0.182. The molecule has 2 atom stereocenters. The van der Waals surface area contributed by atoms with Crippen LogP contribution < -0.4 is 0 Å². The van der Waals surface area contributed by atoms with Crippen LogP contribution in [0.5, 0.6) is 0 Å². The van der Waals surface area contributed by atoms with E-state index in [9.17, 15) is 0 Å². The highest BCUT2D eigenvalue weighted by molar-refractivity contribution is 6.31. The normalized spacial score (nSPS) is 27.3. The molecule has 2 rings (SSSR count). The molecule has 1 aliphatic heterocycles. The first kappa shape index (κ1) is 12.8. The fourth-order valence-electron chi connectivity index (χ4n) is 2.02. The molecule has 0 amide bonds. The first-order valence-corrected chi connectivity index (χ1v) is 6.01. The van der Waals surface area contributed by atoms with Gasteiger partial charge in [-0.3, -0.25) is 0 Å². The zero-order chi connectivity index (χ0) is 12.5. The van der Waals surface area contributed by atoms with E-state index in [0.717, 1.165) is 10.6 Å². The van der Waals surface area contributed by atoms with Gasteiger partial charge in [-0.15, -0.1) is 0 Å². The molecular weight excluding hydrogens is 240 g/mol. The Morgan fingerprint density at radius 2 is 2.00 bits per heavy atom. The van der Waals surface area contributed by atoms with E-state index < -0.39 is 5.79 Å². The first-order valence-electron chi connectivity index (χ1n) is 5.64. The van der Waals surface area contributed by atoms with Gasteiger partial charge in [-0.1, -0.05) is 29.8 Å². The second-order valence-corrected chi connectivity index (χ2v) is 4.98. The summed E-state index contributed by atoms with van der Waals surface area (Å²) >= 11 is 6.13. The summed E-state index contributed by atoms with van der Waals surface area (Å²) in [5, 5.41) is 0.746. The summed E-state index contributed by atoms with van der Waals surface area (Å²) in [4.78, 5) is 0. The summed E-state index contributed by atoms with van der Waals surface area (Å²) in [6.45, 7) is 3.76. The Balaban J connectivity index is 2.11. The molecule has 0 aliphatic carbocycles. The Morgan fingerprint density at radius 1 is 1.29 bits per heavy atom. The summed E-state index contributed by atoms with van der Waals surface area (Å²) in [5.41, 5.74) is 1.04. The van der Waals surface area contributed by atoms with Crippen molar-refractivity contribution < 1.29 is 14.2 Å². The number of methoxy groups -OCH3 is 1. The zero-order valence-corrected chi connectivity index (χ0v) is 11.0. The van der Waals surface area contributed by atoms with Crippen LogP contribution in [0.1, 0.15) is 19.4 Å². The molecule has 0 aromatic heterocycles. The molecule has 17 heavy (non-hydrogen) atoms. The minimum atomic E-state index is -0.605. The largest absolute Gasteiger partial charge is 0.353 e. The van der Waals surface area contributed by atoms with Crippen molar-refractivity contribution in [1.82, 2.24) is 0 Å². The van der Waals surface area contributed by atoms with Gasteiger partial charge in [-0.2, -0.15) is 0 Å². The van der Waals surface area contributed by atoms with Crippen LogP contribution in [0.15, 0.2) is 24.3 Å². The third kappa shape index (κ3) is 2.99. The van der Waals surface area contributed by atoms with Crippen molar-refractivity contribution in [3.63, 3.8) is 0 Å². The maximum absolute atomic E-state index is 6.13. The second kappa shape index (κ2) is 4.94. The van der Waals surface area contributed by atoms with Gasteiger partial charge in [0, 0.05) is 18.6 Å². The molecule has 0 bridgehead atoms. The Hall–Kier alpha value is -0.610. The number of rotatable bonds is 3. The standard InChI is InChI=1S/C13H17ClO3/c1-13(2)16-11(12(15-3)17-13)8-9-6-4-5-7-10(9)14/h4-7,11-12H,8H2,1-3H3/t11-,12-/m1/s1. The number of ether oxygens (including phenoxy) is 3. The Kier molecular flexibility index (Phi) is 3.73. The average Bonchev–Trinajstić information content (AvgIpc) is 2.56. The summed E-state index contributed by atoms with van der Waals surface area (Å²) < 4.78 is 16.7. The minimum absolute atomic E-state index is 0.130. The molecule has 4 heteroatoms. The SMILES string of the molecule is CO[C@@H]1OC(C)(C)O[C@@H]1Cc1ccccc1Cl. The van der Waals surface area contributed by atoms with Crippen LogP contribution in [-0.2, 0) is 20.6 Å². The van der Waals surface area contributed by atoms with Crippen molar-refractivity contribution in [2.45, 2.75) is 38.4 Å². The molecule has 94 valence electrons. The van der Waals surface area contributed by atoms with Crippen LogP contribution in [0.3, 0.4) is 0 Å². The predicted molar refractivity (Wildman–Crippen MR) is 66.0 cm³/mol. The van der Waals surface area contributed by atoms with Crippen LogP contribution in [0.2, 0.25) is 5.02 Å². The zero-order valence-electron chi connectivity index (χ0n) is 10.3. The molecule has 0 radical (unpaired) electrons. The molecule has 0 saturated carbocycles.